The van der Waals surface area contributed by atoms with E-state index in [1.54, 1.807) is 24.3 Å². The Morgan fingerprint density at radius 3 is 1.85 bits per heavy atom. The first-order valence-corrected chi connectivity index (χ1v) is 23.8. The van der Waals surface area contributed by atoms with E-state index in [0.29, 0.717) is 48.9 Å². The number of carbonyl (C=O) groups is 9. The average Bonchev–Trinajstić information content (AvgIpc) is 3.27. The number of amides is 4. The average molecular weight is 937 g/mol. The summed E-state index contributed by atoms with van der Waals surface area (Å²) in [6, 6.07) is 6.34. The lowest BCUT2D eigenvalue weighted by molar-refractivity contribution is -0.142. The Labute approximate surface area is 393 Å². The number of nitrogens with two attached hydrogens (primary N) is 1. The molecular formula is C49H72N6O12. The summed E-state index contributed by atoms with van der Waals surface area (Å²) in [5, 5.41) is 36.7. The molecule has 2 aromatic carbocycles. The third-order valence-electron chi connectivity index (χ3n) is 12.1. The zero-order valence-electron chi connectivity index (χ0n) is 39.3. The van der Waals surface area contributed by atoms with E-state index < -0.39 is 65.3 Å². The van der Waals surface area contributed by atoms with Gasteiger partial charge in [-0.15, -0.1) is 0 Å². The maximum absolute atomic E-state index is 13.8. The summed E-state index contributed by atoms with van der Waals surface area (Å²) in [7, 11) is 3.72. The monoisotopic (exact) mass is 937 g/mol. The van der Waals surface area contributed by atoms with Gasteiger partial charge in [0.1, 0.15) is 17.6 Å². The lowest BCUT2D eigenvalue weighted by Crippen LogP contribution is -2.45. The first-order valence-electron chi connectivity index (χ1n) is 23.8. The minimum atomic E-state index is -1.39. The molecule has 0 radical (unpaired) electrons. The van der Waals surface area contributed by atoms with Gasteiger partial charge in [0.15, 0.2) is 0 Å². The van der Waals surface area contributed by atoms with Crippen LogP contribution in [-0.4, -0.2) is 126 Å². The molecule has 3 atom stereocenters. The fraction of sp³-hybridized carbons (Fsp3) is 0.612. The van der Waals surface area contributed by atoms with Crippen molar-refractivity contribution in [2.45, 2.75) is 147 Å². The zero-order chi connectivity index (χ0) is 49.3. The van der Waals surface area contributed by atoms with Crippen molar-refractivity contribution in [2.75, 3.05) is 45.2 Å². The standard InChI is InChI=1S/C49H72N6O12/c1-54(2)40-24-23-37-45-35(40)18-13-19-36(45)47(64)55(48(37)65)31-27-33(46(63)52-30-26-39(49(66)67)53-42(58)20-14-22-44(61)62)32-41(57)38(50)25-29-51-28-15-17-34(56)16-11-9-7-5-3-4-6-8-10-12-21-43(59)60/h13,18-19,23-24,33,38-39,51H,3-12,14-17,20-22,25-32,50H2,1-2H3,(H,52,63)(H,53,58)(H,59,60)(H,61,62)(H,66,67)/t33-,38-,39+/m0/s1. The number of nitrogens with one attached hydrogen (secondary N) is 3. The lowest BCUT2D eigenvalue weighted by atomic mass is 9.91. The van der Waals surface area contributed by atoms with Gasteiger partial charge in [0.25, 0.3) is 11.8 Å². The van der Waals surface area contributed by atoms with Crippen LogP contribution in [0.25, 0.3) is 10.8 Å². The van der Waals surface area contributed by atoms with Gasteiger partial charge in [-0.05, 0) is 76.2 Å². The fourth-order valence-electron chi connectivity index (χ4n) is 8.23. The van der Waals surface area contributed by atoms with Crippen LogP contribution in [0.1, 0.15) is 156 Å². The Hall–Kier alpha value is -5.75. The number of Topliss-reactive ketones (excluding diaryl/α,β-unsaturated/α-hetero) is 2. The Morgan fingerprint density at radius 2 is 1.24 bits per heavy atom. The molecule has 4 amide bonds. The van der Waals surface area contributed by atoms with Gasteiger partial charge in [-0.25, -0.2) is 4.79 Å². The topological polar surface area (TPSA) is 283 Å². The molecular weight excluding hydrogens is 865 g/mol. The van der Waals surface area contributed by atoms with Crippen LogP contribution < -0.4 is 26.6 Å². The maximum atomic E-state index is 13.8. The second-order valence-corrected chi connectivity index (χ2v) is 17.7. The number of hydrogen-bond acceptors (Lipinski definition) is 12. The third-order valence-corrected chi connectivity index (χ3v) is 12.1. The number of anilines is 1. The summed E-state index contributed by atoms with van der Waals surface area (Å²) in [5.74, 6) is -6.83. The van der Waals surface area contributed by atoms with Crippen LogP contribution in [0.3, 0.4) is 0 Å². The number of rotatable bonds is 37. The number of aliphatic carboxylic acids is 3. The van der Waals surface area contributed by atoms with E-state index in [1.165, 1.54) is 0 Å². The number of nitrogens with zero attached hydrogens (tertiary/aromatic N) is 2. The highest BCUT2D eigenvalue weighted by atomic mass is 16.4. The van der Waals surface area contributed by atoms with E-state index in [-0.39, 0.29) is 70.2 Å². The number of benzene rings is 2. The molecule has 18 heteroatoms. The van der Waals surface area contributed by atoms with Gasteiger partial charge < -0.3 is 41.9 Å². The highest BCUT2D eigenvalue weighted by molar-refractivity contribution is 6.26. The van der Waals surface area contributed by atoms with Crippen LogP contribution in [0.4, 0.5) is 5.69 Å². The normalized spacial score (nSPS) is 13.5. The van der Waals surface area contributed by atoms with Gasteiger partial charge in [-0.2, -0.15) is 0 Å². The van der Waals surface area contributed by atoms with Gasteiger partial charge >= 0.3 is 17.9 Å². The van der Waals surface area contributed by atoms with Crippen molar-refractivity contribution in [1.29, 1.82) is 0 Å². The van der Waals surface area contributed by atoms with Gasteiger partial charge in [-0.3, -0.25) is 43.3 Å². The summed E-state index contributed by atoms with van der Waals surface area (Å²) >= 11 is 0. The van der Waals surface area contributed by atoms with Gasteiger partial charge in [0.05, 0.1) is 6.04 Å². The number of unbranched alkanes of at least 4 members (excludes halogenated alkanes) is 9. The van der Waals surface area contributed by atoms with Crippen LogP contribution in [0.2, 0.25) is 0 Å². The number of hydrogen-bond donors (Lipinski definition) is 7. The summed E-state index contributed by atoms with van der Waals surface area (Å²) in [4.78, 5) is 116. The molecule has 0 saturated heterocycles. The minimum absolute atomic E-state index is 0.0180. The van der Waals surface area contributed by atoms with Crippen molar-refractivity contribution in [2.24, 2.45) is 11.7 Å². The molecule has 1 aliphatic rings. The van der Waals surface area contributed by atoms with Crippen molar-refractivity contribution >= 4 is 69.6 Å². The van der Waals surface area contributed by atoms with E-state index in [1.807, 2.05) is 25.1 Å². The molecule has 0 spiro atoms. The summed E-state index contributed by atoms with van der Waals surface area (Å²) in [5.41, 5.74) is 7.78. The molecule has 0 unspecified atom stereocenters. The number of carboxylic acid groups (broad SMARTS) is 3. The Morgan fingerprint density at radius 1 is 0.657 bits per heavy atom. The predicted molar refractivity (Wildman–Crippen MR) is 253 cm³/mol. The second kappa shape index (κ2) is 29.8. The minimum Gasteiger partial charge on any atom is -0.481 e. The van der Waals surface area contributed by atoms with Gasteiger partial charge in [-0.1, -0.05) is 63.5 Å². The third kappa shape index (κ3) is 19.6. The smallest absolute Gasteiger partial charge is 0.326 e. The van der Waals surface area contributed by atoms with E-state index >= 15 is 0 Å². The molecule has 1 heterocycles. The number of ketones is 2. The molecule has 0 aliphatic carbocycles. The SMILES string of the molecule is CN(C)c1ccc2c3c(cccc13)C(=O)N(CC[C@@H](CC(=O)[C@@H](N)CCNCCCC(=O)CCCCCCCCCCCCC(=O)O)C(=O)NCC[C@@H](NC(=O)CCCC(=O)O)C(=O)O)C2=O. The Balaban J connectivity index is 1.50. The number of carboxylic acids is 3. The molecule has 18 nitrogen and oxygen atoms in total. The molecule has 1 aliphatic heterocycles. The maximum Gasteiger partial charge on any atom is 0.326 e. The van der Waals surface area contributed by atoms with E-state index in [4.69, 9.17) is 15.9 Å². The summed E-state index contributed by atoms with van der Waals surface area (Å²) in [6.45, 7) is 0.532. The van der Waals surface area contributed by atoms with E-state index in [2.05, 4.69) is 16.0 Å². The summed E-state index contributed by atoms with van der Waals surface area (Å²) in [6.07, 6.45) is 11.3. The van der Waals surface area contributed by atoms with Crippen LogP contribution >= 0.6 is 0 Å². The van der Waals surface area contributed by atoms with Crippen LogP contribution in [-0.2, 0) is 33.6 Å². The summed E-state index contributed by atoms with van der Waals surface area (Å²) < 4.78 is 0. The molecule has 0 aromatic heterocycles. The molecule has 3 rings (SSSR count). The molecule has 0 bridgehead atoms. The molecule has 0 saturated carbocycles. The second-order valence-electron chi connectivity index (χ2n) is 17.7. The van der Waals surface area contributed by atoms with Crippen molar-refractivity contribution in [3.8, 4) is 0 Å². The largest absolute Gasteiger partial charge is 0.481 e. The van der Waals surface area contributed by atoms with Crippen molar-refractivity contribution < 1.29 is 58.5 Å². The first-order chi connectivity index (χ1) is 32.0. The lowest BCUT2D eigenvalue weighted by Gasteiger charge is -2.29. The Kier molecular flexibility index (Phi) is 24.7. The van der Waals surface area contributed by atoms with Crippen LogP contribution in [0.15, 0.2) is 30.3 Å². The molecule has 8 N–H and O–H groups in total. The van der Waals surface area contributed by atoms with Crippen LogP contribution in [0, 0.1) is 5.92 Å². The predicted octanol–water partition coefficient (Wildman–Crippen LogP) is 5.22. The highest BCUT2D eigenvalue weighted by Gasteiger charge is 2.35. The number of imide groups is 1. The Bertz CT molecular complexity index is 2000. The van der Waals surface area contributed by atoms with Crippen LogP contribution in [0.5, 0.6) is 0 Å². The quantitative estimate of drug-likeness (QED) is 0.0338. The van der Waals surface area contributed by atoms with Gasteiger partial charge in [0, 0.05) is 99.2 Å². The molecule has 2 aromatic rings. The van der Waals surface area contributed by atoms with Gasteiger partial charge in [0.2, 0.25) is 11.8 Å². The molecule has 0 fully saturated rings. The number of carbonyl (C=O) groups excluding carboxylic acids is 6. The fourth-order valence-corrected chi connectivity index (χ4v) is 8.23. The first kappa shape index (κ1) is 55.6. The molecule has 370 valence electrons. The van der Waals surface area contributed by atoms with E-state index in [0.717, 1.165) is 80.2 Å². The van der Waals surface area contributed by atoms with Crippen molar-refractivity contribution in [3.05, 3.63) is 41.5 Å². The zero-order valence-corrected chi connectivity index (χ0v) is 39.3. The van der Waals surface area contributed by atoms with E-state index in [9.17, 15) is 48.3 Å². The van der Waals surface area contributed by atoms with Crippen molar-refractivity contribution in [1.82, 2.24) is 20.9 Å². The highest BCUT2D eigenvalue weighted by Crippen LogP contribution is 2.35. The molecule has 67 heavy (non-hydrogen) atoms. The van der Waals surface area contributed by atoms with Crippen molar-refractivity contribution in [3.63, 3.8) is 0 Å².